The molecule has 2 rings (SSSR count). The van der Waals surface area contributed by atoms with Crippen molar-refractivity contribution < 1.29 is 9.18 Å². The van der Waals surface area contributed by atoms with Gasteiger partial charge in [0.05, 0.1) is 10.6 Å². The monoisotopic (exact) mass is 320 g/mol. The van der Waals surface area contributed by atoms with Crippen molar-refractivity contribution in [3.63, 3.8) is 0 Å². The topological polar surface area (TPSA) is 70.7 Å². The second-order valence-electron chi connectivity index (χ2n) is 5.70. The van der Waals surface area contributed by atoms with E-state index in [-0.39, 0.29) is 27.5 Å². The molecule has 0 aliphatic heterocycles. The van der Waals surface area contributed by atoms with Crippen LogP contribution in [0.25, 0.3) is 0 Å². The van der Waals surface area contributed by atoms with E-state index in [1.54, 1.807) is 10.9 Å². The van der Waals surface area contributed by atoms with E-state index in [1.165, 1.54) is 12.1 Å². The van der Waals surface area contributed by atoms with Gasteiger partial charge in [-0.05, 0) is 39.0 Å². The summed E-state index contributed by atoms with van der Waals surface area (Å²) in [7, 11) is 0. The zero-order valence-electron chi connectivity index (χ0n) is 12.3. The average molecular weight is 321 g/mol. The molecule has 0 atom stereocenters. The number of anilines is 1. The van der Waals surface area contributed by atoms with Crippen molar-refractivity contribution >= 4 is 23.3 Å². The van der Waals surface area contributed by atoms with Crippen LogP contribution in [0.15, 0.2) is 24.4 Å². The molecule has 0 unspecified atom stereocenters. The fraction of sp³-hybridized carbons (Fsp3) is 0.267. The molecule has 5 nitrogen and oxygen atoms in total. The third-order valence-electron chi connectivity index (χ3n) is 2.94. The Labute approximate surface area is 132 Å². The Morgan fingerprint density at radius 1 is 1.45 bits per heavy atom. The molecule has 114 valence electrons. The van der Waals surface area contributed by atoms with Crippen LogP contribution in [-0.4, -0.2) is 15.7 Å². The highest BCUT2D eigenvalue weighted by Gasteiger charge is 2.20. The summed E-state index contributed by atoms with van der Waals surface area (Å²) in [6, 6.07) is 5.70. The number of carbonyl (C=O) groups excluding carboxylic acids is 1. The predicted octanol–water partition coefficient (Wildman–Crippen LogP) is 3.55. The zero-order chi connectivity index (χ0) is 16.5. The molecule has 1 aromatic heterocycles. The maximum Gasteiger partial charge on any atom is 0.257 e. The van der Waals surface area contributed by atoms with Crippen LogP contribution in [-0.2, 0) is 5.54 Å². The van der Waals surface area contributed by atoms with Gasteiger partial charge >= 0.3 is 0 Å². The highest BCUT2D eigenvalue weighted by molar-refractivity contribution is 6.30. The Balaban J connectivity index is 2.30. The van der Waals surface area contributed by atoms with Crippen molar-refractivity contribution in [3.8, 4) is 6.07 Å². The summed E-state index contributed by atoms with van der Waals surface area (Å²) in [4.78, 5) is 12.1. The first-order valence-corrected chi connectivity index (χ1v) is 6.87. The van der Waals surface area contributed by atoms with Crippen LogP contribution in [0.2, 0.25) is 5.02 Å². The number of nitrogens with one attached hydrogen (secondary N) is 1. The van der Waals surface area contributed by atoms with Crippen molar-refractivity contribution in [2.24, 2.45) is 0 Å². The van der Waals surface area contributed by atoms with E-state index in [0.29, 0.717) is 0 Å². The van der Waals surface area contributed by atoms with Crippen molar-refractivity contribution in [1.82, 2.24) is 9.78 Å². The summed E-state index contributed by atoms with van der Waals surface area (Å²) in [5.41, 5.74) is -0.00478. The van der Waals surface area contributed by atoms with Crippen LogP contribution in [0.4, 0.5) is 10.2 Å². The van der Waals surface area contributed by atoms with Crippen LogP contribution >= 0.6 is 11.6 Å². The maximum atomic E-state index is 13.4. The van der Waals surface area contributed by atoms with Crippen LogP contribution in [0.5, 0.6) is 0 Å². The molecule has 1 N–H and O–H groups in total. The molecular formula is C15H14ClFN4O. The van der Waals surface area contributed by atoms with Crippen molar-refractivity contribution in [1.29, 1.82) is 5.26 Å². The van der Waals surface area contributed by atoms with Crippen LogP contribution < -0.4 is 5.32 Å². The largest absolute Gasteiger partial charge is 0.304 e. The number of amides is 1. The first-order valence-electron chi connectivity index (χ1n) is 6.49. The molecule has 7 heteroatoms. The summed E-state index contributed by atoms with van der Waals surface area (Å²) >= 11 is 5.58. The fourth-order valence-electron chi connectivity index (χ4n) is 1.71. The van der Waals surface area contributed by atoms with Gasteiger partial charge < -0.3 is 5.32 Å². The van der Waals surface area contributed by atoms with Crippen molar-refractivity contribution in [3.05, 3.63) is 46.4 Å². The Morgan fingerprint density at radius 2 is 2.14 bits per heavy atom. The average Bonchev–Trinajstić information content (AvgIpc) is 2.84. The number of halogens is 2. The highest BCUT2D eigenvalue weighted by Crippen LogP contribution is 2.21. The maximum absolute atomic E-state index is 13.4. The third kappa shape index (κ3) is 3.26. The summed E-state index contributed by atoms with van der Waals surface area (Å²) in [6.07, 6.45) is 1.55. The van der Waals surface area contributed by atoms with E-state index in [2.05, 4.69) is 10.4 Å². The van der Waals surface area contributed by atoms with E-state index in [9.17, 15) is 9.18 Å². The van der Waals surface area contributed by atoms with Gasteiger partial charge in [0, 0.05) is 11.8 Å². The molecule has 0 aliphatic rings. The molecule has 22 heavy (non-hydrogen) atoms. The summed E-state index contributed by atoms with van der Waals surface area (Å²) in [5, 5.41) is 15.8. The molecule has 0 radical (unpaired) electrons. The fourth-order valence-corrected chi connectivity index (χ4v) is 1.83. The molecule has 0 saturated heterocycles. The standard InChI is InChI=1S/C15H14ClFN4O/c1-15(2,3)21-8-10(7-18)13(20-21)19-14(22)9-4-5-11(16)12(17)6-9/h4-6,8H,1-3H3,(H,19,20,22). The van der Waals surface area contributed by atoms with Crippen molar-refractivity contribution in [2.45, 2.75) is 26.3 Å². The summed E-state index contributed by atoms with van der Waals surface area (Å²) in [5.74, 6) is -1.11. The number of aromatic nitrogens is 2. The van der Waals surface area contributed by atoms with Gasteiger partial charge in [-0.1, -0.05) is 11.6 Å². The minimum absolute atomic E-state index is 0.0636. The Hall–Kier alpha value is -2.39. The smallest absolute Gasteiger partial charge is 0.257 e. The van der Waals surface area contributed by atoms with Crippen LogP contribution in [0, 0.1) is 17.1 Å². The van der Waals surface area contributed by atoms with Gasteiger partial charge in [-0.25, -0.2) is 4.39 Å². The first-order chi connectivity index (χ1) is 10.2. The van der Waals surface area contributed by atoms with Crippen LogP contribution in [0.3, 0.4) is 0 Å². The lowest BCUT2D eigenvalue weighted by Crippen LogP contribution is -2.22. The number of carbonyl (C=O) groups is 1. The van der Waals surface area contributed by atoms with Crippen molar-refractivity contribution in [2.75, 3.05) is 5.32 Å². The highest BCUT2D eigenvalue weighted by atomic mass is 35.5. The normalized spacial score (nSPS) is 11.1. The molecule has 0 fully saturated rings. The SMILES string of the molecule is CC(C)(C)n1cc(C#N)c(NC(=O)c2ccc(Cl)c(F)c2)n1. The van der Waals surface area contributed by atoms with E-state index in [1.807, 2.05) is 26.8 Å². The van der Waals surface area contributed by atoms with Crippen LogP contribution in [0.1, 0.15) is 36.7 Å². The minimum Gasteiger partial charge on any atom is -0.304 e. The van der Waals surface area contributed by atoms with Gasteiger partial charge in [-0.3, -0.25) is 9.48 Å². The molecule has 0 aliphatic carbocycles. The van der Waals surface area contributed by atoms with E-state index in [0.717, 1.165) is 6.07 Å². The van der Waals surface area contributed by atoms with E-state index < -0.39 is 11.7 Å². The quantitative estimate of drug-likeness (QED) is 0.919. The first kappa shape index (κ1) is 16.0. The van der Waals surface area contributed by atoms with Gasteiger partial charge in [-0.15, -0.1) is 0 Å². The Kier molecular flexibility index (Phi) is 4.20. The molecular weight excluding hydrogens is 307 g/mol. The predicted molar refractivity (Wildman–Crippen MR) is 81.3 cm³/mol. The molecule has 0 bridgehead atoms. The second kappa shape index (κ2) is 5.78. The molecule has 1 aromatic carbocycles. The van der Waals surface area contributed by atoms with Gasteiger partial charge in [-0.2, -0.15) is 10.4 Å². The second-order valence-corrected chi connectivity index (χ2v) is 6.11. The Morgan fingerprint density at radius 3 is 2.68 bits per heavy atom. The number of nitriles is 1. The van der Waals surface area contributed by atoms with E-state index in [4.69, 9.17) is 16.9 Å². The van der Waals surface area contributed by atoms with Gasteiger partial charge in [0.1, 0.15) is 17.4 Å². The number of rotatable bonds is 2. The van der Waals surface area contributed by atoms with Gasteiger partial charge in [0.2, 0.25) is 0 Å². The number of benzene rings is 1. The number of nitrogens with zero attached hydrogens (tertiary/aromatic N) is 3. The zero-order valence-corrected chi connectivity index (χ0v) is 13.1. The lowest BCUT2D eigenvalue weighted by molar-refractivity contribution is 0.102. The molecule has 2 aromatic rings. The van der Waals surface area contributed by atoms with Gasteiger partial charge in [0.15, 0.2) is 5.82 Å². The van der Waals surface area contributed by atoms with E-state index >= 15 is 0 Å². The number of hydrogen-bond donors (Lipinski definition) is 1. The van der Waals surface area contributed by atoms with Gasteiger partial charge in [0.25, 0.3) is 5.91 Å². The lowest BCUT2D eigenvalue weighted by atomic mass is 10.1. The summed E-state index contributed by atoms with van der Waals surface area (Å²) < 4.78 is 15.0. The number of hydrogen-bond acceptors (Lipinski definition) is 3. The molecule has 1 amide bonds. The lowest BCUT2D eigenvalue weighted by Gasteiger charge is -2.18. The Bertz CT molecular complexity index is 771. The summed E-state index contributed by atoms with van der Waals surface area (Å²) in [6.45, 7) is 5.75. The molecule has 0 saturated carbocycles. The third-order valence-corrected chi connectivity index (χ3v) is 3.24. The molecule has 0 spiro atoms. The molecule has 1 heterocycles. The minimum atomic E-state index is -0.685.